The molecule has 3 amide bonds. The molecule has 5 N–H and O–H groups in total. The minimum atomic E-state index is -1.16. The third kappa shape index (κ3) is 7.31. The van der Waals surface area contributed by atoms with Crippen molar-refractivity contribution in [3.8, 4) is 11.1 Å². The predicted molar refractivity (Wildman–Crippen MR) is 139 cm³/mol. The molecule has 2 aromatic rings. The number of primary amides is 1. The molecule has 0 radical (unpaired) electrons. The average Bonchev–Trinajstić information content (AvgIpc) is 3.18. The van der Waals surface area contributed by atoms with Crippen LogP contribution >= 0.6 is 0 Å². The van der Waals surface area contributed by atoms with Gasteiger partial charge in [-0.1, -0.05) is 62.4 Å². The number of nitrogens with two attached hydrogens (primary N) is 1. The summed E-state index contributed by atoms with van der Waals surface area (Å²) in [6.07, 6.45) is 0.771. The van der Waals surface area contributed by atoms with Crippen LogP contribution in [0.25, 0.3) is 11.1 Å². The minimum Gasteiger partial charge on any atom is -0.480 e. The van der Waals surface area contributed by atoms with E-state index in [2.05, 4.69) is 34.9 Å². The van der Waals surface area contributed by atoms with Crippen LogP contribution in [0.1, 0.15) is 56.6 Å². The van der Waals surface area contributed by atoms with Gasteiger partial charge in [-0.25, -0.2) is 9.59 Å². The van der Waals surface area contributed by atoms with E-state index in [4.69, 9.17) is 10.5 Å². The van der Waals surface area contributed by atoms with E-state index in [9.17, 15) is 24.3 Å². The molecule has 9 heteroatoms. The van der Waals surface area contributed by atoms with Crippen LogP contribution in [-0.2, 0) is 19.1 Å². The molecule has 0 saturated heterocycles. The Morgan fingerprint density at radius 2 is 1.57 bits per heavy atom. The highest BCUT2D eigenvalue weighted by atomic mass is 16.5. The second-order valence-corrected chi connectivity index (χ2v) is 9.63. The summed E-state index contributed by atoms with van der Waals surface area (Å²) in [4.78, 5) is 47.9. The number of esters is 1. The predicted octanol–water partition coefficient (Wildman–Crippen LogP) is 3.41. The van der Waals surface area contributed by atoms with Crippen molar-refractivity contribution in [1.29, 1.82) is 0 Å². The summed E-state index contributed by atoms with van der Waals surface area (Å²) in [5.41, 5.74) is 9.55. The molecule has 2 aromatic carbocycles. The van der Waals surface area contributed by atoms with Crippen molar-refractivity contribution in [3.63, 3.8) is 0 Å². The van der Waals surface area contributed by atoms with Gasteiger partial charge in [-0.15, -0.1) is 0 Å². The molecular weight excluding hydrogens is 474 g/mol. The van der Waals surface area contributed by atoms with Gasteiger partial charge >= 0.3 is 18.0 Å². The normalized spacial score (nSPS) is 13.8. The number of nitrogens with one attached hydrogen (secondary N) is 2. The van der Waals surface area contributed by atoms with Gasteiger partial charge in [0.15, 0.2) is 0 Å². The highest BCUT2D eigenvalue weighted by Gasteiger charge is 2.30. The standard InChI is InChI=1S/C28H35N3O6/c1-17(2)18(26(33)31-24(27(34)35)12-7-15-30-28(29)36)13-14-25(32)37-16-23-21-10-5-3-8-19(21)20-9-4-6-11-22(20)23/h3-6,8-11,17-18,23-24H,7,12-16H2,1-2H3,(H,31,33)(H,34,35)(H3,29,30,36)/t18-,24-/m0/s1. The Bertz CT molecular complexity index is 1090. The number of amides is 3. The van der Waals surface area contributed by atoms with Gasteiger partial charge in [0.05, 0.1) is 0 Å². The molecule has 1 aliphatic carbocycles. The maximum Gasteiger partial charge on any atom is 0.326 e. The summed E-state index contributed by atoms with van der Waals surface area (Å²) in [6, 6.07) is 14.4. The van der Waals surface area contributed by atoms with Crippen LogP contribution in [0.2, 0.25) is 0 Å². The summed E-state index contributed by atoms with van der Waals surface area (Å²) in [6.45, 7) is 4.14. The molecule has 198 valence electrons. The molecule has 0 bridgehead atoms. The zero-order valence-electron chi connectivity index (χ0n) is 21.2. The quantitative estimate of drug-likeness (QED) is 0.240. The molecule has 0 aliphatic heterocycles. The van der Waals surface area contributed by atoms with Crippen LogP contribution in [0.3, 0.4) is 0 Å². The molecule has 0 fully saturated rings. The highest BCUT2D eigenvalue weighted by molar-refractivity contribution is 5.85. The van der Waals surface area contributed by atoms with Gasteiger partial charge < -0.3 is 26.2 Å². The number of carbonyl (C=O) groups excluding carboxylic acids is 3. The number of hydrogen-bond acceptors (Lipinski definition) is 5. The van der Waals surface area contributed by atoms with E-state index in [1.54, 1.807) is 0 Å². The second-order valence-electron chi connectivity index (χ2n) is 9.63. The number of ether oxygens (including phenoxy) is 1. The summed E-state index contributed by atoms with van der Waals surface area (Å²) < 4.78 is 5.64. The number of carbonyl (C=O) groups is 4. The first kappa shape index (κ1) is 27.7. The SMILES string of the molecule is CC(C)[C@H](CCC(=O)OCC1c2ccccc2-c2ccccc21)C(=O)N[C@@H](CCCNC(N)=O)C(=O)O. The third-order valence-corrected chi connectivity index (χ3v) is 6.76. The maximum atomic E-state index is 12.9. The third-order valence-electron chi connectivity index (χ3n) is 6.76. The monoisotopic (exact) mass is 509 g/mol. The Balaban J connectivity index is 1.53. The molecule has 2 atom stereocenters. The molecule has 9 nitrogen and oxygen atoms in total. The number of hydrogen-bond donors (Lipinski definition) is 4. The second kappa shape index (κ2) is 12.9. The van der Waals surface area contributed by atoms with E-state index in [0.29, 0.717) is 6.42 Å². The van der Waals surface area contributed by atoms with E-state index in [-0.39, 0.29) is 44.2 Å². The topological polar surface area (TPSA) is 148 Å². The fourth-order valence-electron chi connectivity index (χ4n) is 4.78. The average molecular weight is 510 g/mol. The van der Waals surface area contributed by atoms with Crippen LogP contribution in [-0.4, -0.2) is 48.2 Å². The van der Waals surface area contributed by atoms with Crippen molar-refractivity contribution in [2.24, 2.45) is 17.6 Å². The van der Waals surface area contributed by atoms with Crippen molar-refractivity contribution < 1.29 is 29.0 Å². The van der Waals surface area contributed by atoms with Crippen LogP contribution in [0.5, 0.6) is 0 Å². The van der Waals surface area contributed by atoms with Crippen LogP contribution in [0, 0.1) is 11.8 Å². The van der Waals surface area contributed by atoms with E-state index in [1.807, 2.05) is 38.1 Å². The van der Waals surface area contributed by atoms with E-state index < -0.39 is 35.8 Å². The lowest BCUT2D eigenvalue weighted by Gasteiger charge is -2.23. The first-order chi connectivity index (χ1) is 17.7. The van der Waals surface area contributed by atoms with Crippen LogP contribution in [0.15, 0.2) is 48.5 Å². The molecule has 0 spiro atoms. The summed E-state index contributed by atoms with van der Waals surface area (Å²) in [5, 5.41) is 14.4. The number of fused-ring (bicyclic) bond motifs is 3. The van der Waals surface area contributed by atoms with Gasteiger partial charge in [-0.3, -0.25) is 9.59 Å². The molecule has 37 heavy (non-hydrogen) atoms. The van der Waals surface area contributed by atoms with Crippen molar-refractivity contribution in [2.45, 2.75) is 51.5 Å². The van der Waals surface area contributed by atoms with Gasteiger partial charge in [-0.2, -0.15) is 0 Å². The smallest absolute Gasteiger partial charge is 0.326 e. The summed E-state index contributed by atoms with van der Waals surface area (Å²) >= 11 is 0. The van der Waals surface area contributed by atoms with Crippen molar-refractivity contribution >= 4 is 23.9 Å². The van der Waals surface area contributed by atoms with E-state index >= 15 is 0 Å². The zero-order valence-corrected chi connectivity index (χ0v) is 21.2. The highest BCUT2D eigenvalue weighted by Crippen LogP contribution is 2.44. The van der Waals surface area contributed by atoms with Gasteiger partial charge in [0, 0.05) is 24.8 Å². The minimum absolute atomic E-state index is 0.0408. The molecule has 0 heterocycles. The van der Waals surface area contributed by atoms with Crippen LogP contribution < -0.4 is 16.4 Å². The number of carboxylic acids is 1. The summed E-state index contributed by atoms with van der Waals surface area (Å²) in [5.74, 6) is -2.67. The Morgan fingerprint density at radius 1 is 0.973 bits per heavy atom. The van der Waals surface area contributed by atoms with Gasteiger partial charge in [-0.05, 0) is 47.4 Å². The number of carboxylic acid groups (broad SMARTS) is 1. The van der Waals surface area contributed by atoms with Gasteiger partial charge in [0.1, 0.15) is 12.6 Å². The lowest BCUT2D eigenvalue weighted by atomic mass is 9.90. The summed E-state index contributed by atoms with van der Waals surface area (Å²) in [7, 11) is 0. The van der Waals surface area contributed by atoms with Crippen molar-refractivity contribution in [1.82, 2.24) is 10.6 Å². The number of urea groups is 1. The molecule has 3 rings (SSSR count). The lowest BCUT2D eigenvalue weighted by molar-refractivity contribution is -0.145. The Labute approximate surface area is 216 Å². The van der Waals surface area contributed by atoms with E-state index in [1.165, 1.54) is 0 Å². The van der Waals surface area contributed by atoms with E-state index in [0.717, 1.165) is 22.3 Å². The Morgan fingerprint density at radius 3 is 2.11 bits per heavy atom. The fourth-order valence-corrected chi connectivity index (χ4v) is 4.78. The Hall–Kier alpha value is -3.88. The maximum absolute atomic E-state index is 12.9. The van der Waals surface area contributed by atoms with Crippen LogP contribution in [0.4, 0.5) is 4.79 Å². The molecule has 1 aliphatic rings. The molecule has 0 aromatic heterocycles. The largest absolute Gasteiger partial charge is 0.480 e. The van der Waals surface area contributed by atoms with Crippen molar-refractivity contribution in [2.75, 3.05) is 13.2 Å². The fraction of sp³-hybridized carbons (Fsp3) is 0.429. The molecule has 0 saturated carbocycles. The van der Waals surface area contributed by atoms with Crippen molar-refractivity contribution in [3.05, 3.63) is 59.7 Å². The zero-order chi connectivity index (χ0) is 26.9. The number of rotatable bonds is 13. The van der Waals surface area contributed by atoms with Gasteiger partial charge in [0.2, 0.25) is 5.91 Å². The Kier molecular flexibility index (Phi) is 9.65. The molecular formula is C28H35N3O6. The molecule has 0 unspecified atom stereocenters. The number of benzene rings is 2. The first-order valence-corrected chi connectivity index (χ1v) is 12.6. The van der Waals surface area contributed by atoms with Gasteiger partial charge in [0.25, 0.3) is 0 Å². The lowest BCUT2D eigenvalue weighted by Crippen LogP contribution is -2.45. The number of aliphatic carboxylic acids is 1. The first-order valence-electron chi connectivity index (χ1n) is 12.6.